The van der Waals surface area contributed by atoms with Gasteiger partial charge in [-0.05, 0) is 28.1 Å². The van der Waals surface area contributed by atoms with Crippen LogP contribution >= 0.6 is 50.7 Å². The number of ketones is 1. The van der Waals surface area contributed by atoms with Gasteiger partial charge in [0.05, 0.1) is 10.9 Å². The van der Waals surface area contributed by atoms with E-state index in [9.17, 15) is 4.79 Å². The first-order valence-electron chi connectivity index (χ1n) is 3.30. The third kappa shape index (κ3) is 2.59. The molecule has 1 rings (SSSR count). The maximum absolute atomic E-state index is 11.2. The van der Waals surface area contributed by atoms with Crippen LogP contribution in [0.1, 0.15) is 10.4 Å². The van der Waals surface area contributed by atoms with Crippen molar-refractivity contribution in [3.05, 3.63) is 32.2 Å². The van der Waals surface area contributed by atoms with Crippen molar-refractivity contribution >= 4 is 56.5 Å². The summed E-state index contributed by atoms with van der Waals surface area (Å²) in [5.41, 5.74) is 0.344. The van der Waals surface area contributed by atoms with Crippen molar-refractivity contribution in [2.24, 2.45) is 0 Å². The molecule has 0 atom stereocenters. The summed E-state index contributed by atoms with van der Waals surface area (Å²) in [4.78, 5) is 11.2. The highest BCUT2D eigenvalue weighted by atomic mass is 79.9. The lowest BCUT2D eigenvalue weighted by molar-refractivity contribution is 0.102. The summed E-state index contributed by atoms with van der Waals surface area (Å²) in [6, 6.07) is 3.12. The Morgan fingerprint density at radius 3 is 2.54 bits per heavy atom. The van der Waals surface area contributed by atoms with Crippen LogP contribution in [0, 0.1) is 0 Å². The minimum absolute atomic E-state index is 0.105. The summed E-state index contributed by atoms with van der Waals surface area (Å²) in [6.45, 7) is 0. The molecule has 0 aliphatic rings. The third-order valence-electron chi connectivity index (χ3n) is 1.41. The number of carbonyl (C=O) groups is 1. The maximum atomic E-state index is 11.2. The normalized spacial score (nSPS) is 10.2. The van der Waals surface area contributed by atoms with Crippen molar-refractivity contribution in [3.8, 4) is 0 Å². The number of rotatable bonds is 2. The summed E-state index contributed by atoms with van der Waals surface area (Å²) in [6.07, 6.45) is 0. The van der Waals surface area contributed by atoms with Gasteiger partial charge in [0.15, 0.2) is 5.78 Å². The van der Waals surface area contributed by atoms with Crippen molar-refractivity contribution in [2.75, 3.05) is 5.88 Å². The van der Waals surface area contributed by atoms with Crippen molar-refractivity contribution in [2.45, 2.75) is 0 Å². The zero-order valence-corrected chi connectivity index (χ0v) is 10.1. The smallest absolute Gasteiger partial charge is 0.179 e. The lowest BCUT2D eigenvalue weighted by Crippen LogP contribution is -2.01. The second kappa shape index (κ2) is 4.65. The van der Waals surface area contributed by atoms with Crippen molar-refractivity contribution in [1.82, 2.24) is 0 Å². The van der Waals surface area contributed by atoms with Crippen LogP contribution in [0.2, 0.25) is 10.0 Å². The molecule has 0 unspecified atom stereocenters. The Morgan fingerprint density at radius 1 is 1.38 bits per heavy atom. The maximum Gasteiger partial charge on any atom is 0.179 e. The Morgan fingerprint density at radius 2 is 2.00 bits per heavy atom. The molecule has 0 aliphatic heterocycles. The molecule has 5 heteroatoms. The molecule has 0 radical (unpaired) electrons. The Kier molecular flexibility index (Phi) is 4.05. The number of carbonyl (C=O) groups excluding carboxylic acids is 1. The van der Waals surface area contributed by atoms with E-state index in [1.807, 2.05) is 0 Å². The van der Waals surface area contributed by atoms with Crippen LogP contribution in [0.4, 0.5) is 0 Å². The number of alkyl halides is 1. The quantitative estimate of drug-likeness (QED) is 0.455. The van der Waals surface area contributed by atoms with Gasteiger partial charge >= 0.3 is 0 Å². The average molecular weight is 302 g/mol. The predicted molar refractivity (Wildman–Crippen MR) is 59.2 cm³/mol. The molecule has 1 nitrogen and oxygen atoms in total. The molecule has 0 saturated heterocycles. The van der Waals surface area contributed by atoms with Crippen molar-refractivity contribution in [3.63, 3.8) is 0 Å². The molecule has 0 bridgehead atoms. The first-order valence-corrected chi connectivity index (χ1v) is 5.38. The zero-order chi connectivity index (χ0) is 10.0. The number of halogens is 4. The number of hydrogen-bond acceptors (Lipinski definition) is 1. The summed E-state index contributed by atoms with van der Waals surface area (Å²) in [5.74, 6) is -0.346. The van der Waals surface area contributed by atoms with E-state index < -0.39 is 0 Å². The molecule has 13 heavy (non-hydrogen) atoms. The highest BCUT2D eigenvalue weighted by Gasteiger charge is 2.12. The van der Waals surface area contributed by atoms with Gasteiger partial charge in [-0.25, -0.2) is 0 Å². The van der Waals surface area contributed by atoms with Crippen LogP contribution in [0.5, 0.6) is 0 Å². The van der Waals surface area contributed by atoms with Crippen molar-refractivity contribution < 1.29 is 4.79 Å². The first kappa shape index (κ1) is 11.3. The lowest BCUT2D eigenvalue weighted by atomic mass is 10.1. The highest BCUT2D eigenvalue weighted by molar-refractivity contribution is 9.10. The lowest BCUT2D eigenvalue weighted by Gasteiger charge is -2.03. The second-order valence-corrected chi connectivity index (χ2v) is 4.24. The summed E-state index contributed by atoms with van der Waals surface area (Å²) in [5, 5.41) is 0.791. The Balaban J connectivity index is 3.28. The van der Waals surface area contributed by atoms with Crippen LogP contribution in [0.15, 0.2) is 16.6 Å². The van der Waals surface area contributed by atoms with Gasteiger partial charge in [0.25, 0.3) is 0 Å². The minimum Gasteiger partial charge on any atom is -0.293 e. The van der Waals surface area contributed by atoms with Gasteiger partial charge in [-0.2, -0.15) is 0 Å². The van der Waals surface area contributed by atoms with Gasteiger partial charge in [-0.3, -0.25) is 4.79 Å². The average Bonchev–Trinajstić information content (AvgIpc) is 2.10. The van der Waals surface area contributed by atoms with E-state index in [-0.39, 0.29) is 11.7 Å². The fourth-order valence-electron chi connectivity index (χ4n) is 0.831. The largest absolute Gasteiger partial charge is 0.293 e. The summed E-state index contributed by atoms with van der Waals surface area (Å²) >= 11 is 20.2. The number of hydrogen-bond donors (Lipinski definition) is 0. The van der Waals surface area contributed by atoms with Crippen LogP contribution in [-0.4, -0.2) is 11.7 Å². The van der Waals surface area contributed by atoms with E-state index in [1.165, 1.54) is 6.07 Å². The molecule has 0 fully saturated rings. The van der Waals surface area contributed by atoms with Gasteiger partial charge in [-0.1, -0.05) is 23.2 Å². The Hall–Kier alpha value is 0.240. The molecule has 0 saturated carbocycles. The molecule has 0 aliphatic carbocycles. The topological polar surface area (TPSA) is 17.1 Å². The Bertz CT molecular complexity index is 351. The monoisotopic (exact) mass is 300 g/mol. The fourth-order valence-corrected chi connectivity index (χ4v) is 2.00. The van der Waals surface area contributed by atoms with E-state index in [0.717, 1.165) is 0 Å². The molecular weight excluding hydrogens is 298 g/mol. The molecule has 0 spiro atoms. The molecule has 0 aromatic heterocycles. The fraction of sp³-hybridized carbons (Fsp3) is 0.125. The van der Waals surface area contributed by atoms with E-state index in [0.29, 0.717) is 20.1 Å². The van der Waals surface area contributed by atoms with Crippen LogP contribution in [0.25, 0.3) is 0 Å². The van der Waals surface area contributed by atoms with E-state index in [4.69, 9.17) is 34.8 Å². The molecule has 70 valence electrons. The van der Waals surface area contributed by atoms with Gasteiger partial charge in [0.1, 0.15) is 0 Å². The van der Waals surface area contributed by atoms with Crippen molar-refractivity contribution in [1.29, 1.82) is 0 Å². The van der Waals surface area contributed by atoms with E-state index in [1.54, 1.807) is 6.07 Å². The van der Waals surface area contributed by atoms with Gasteiger partial charge in [0, 0.05) is 15.1 Å². The van der Waals surface area contributed by atoms with Gasteiger partial charge < -0.3 is 0 Å². The predicted octanol–water partition coefficient (Wildman–Crippen LogP) is 4.18. The summed E-state index contributed by atoms with van der Waals surface area (Å²) < 4.78 is 0.593. The highest BCUT2D eigenvalue weighted by Crippen LogP contribution is 2.30. The van der Waals surface area contributed by atoms with E-state index in [2.05, 4.69) is 15.9 Å². The van der Waals surface area contributed by atoms with Crippen LogP contribution < -0.4 is 0 Å². The molecule has 0 heterocycles. The van der Waals surface area contributed by atoms with Crippen LogP contribution in [-0.2, 0) is 0 Å². The molecule has 0 amide bonds. The Labute approximate surface area is 99.1 Å². The molecule has 1 aromatic carbocycles. The number of benzene rings is 1. The standard InChI is InChI=1S/C8H4BrCl3O/c9-6-2-4(11)1-5(8(6)12)7(13)3-10/h1-2H,3H2. The molecular formula is C8H4BrCl3O. The van der Waals surface area contributed by atoms with Gasteiger partial charge in [0.2, 0.25) is 0 Å². The second-order valence-electron chi connectivity index (χ2n) is 2.31. The van der Waals surface area contributed by atoms with Crippen LogP contribution in [0.3, 0.4) is 0 Å². The minimum atomic E-state index is -0.241. The summed E-state index contributed by atoms with van der Waals surface area (Å²) in [7, 11) is 0. The van der Waals surface area contributed by atoms with Gasteiger partial charge in [-0.15, -0.1) is 11.6 Å². The number of Topliss-reactive ketones (excluding diaryl/α,β-unsaturated/α-hetero) is 1. The first-order chi connectivity index (χ1) is 6.06. The SMILES string of the molecule is O=C(CCl)c1cc(Cl)cc(Br)c1Cl. The molecule has 0 N–H and O–H groups in total. The zero-order valence-electron chi connectivity index (χ0n) is 6.28. The molecule has 1 aromatic rings. The van der Waals surface area contributed by atoms with E-state index >= 15 is 0 Å². The third-order valence-corrected chi connectivity index (χ3v) is 3.14.